The summed E-state index contributed by atoms with van der Waals surface area (Å²) in [6.07, 6.45) is 2.54. The Balaban J connectivity index is 1.66. The molecule has 1 unspecified atom stereocenters. The third-order valence-electron chi connectivity index (χ3n) is 4.20. The smallest absolute Gasteiger partial charge is 0.127 e. The maximum atomic E-state index is 13.6. The van der Waals surface area contributed by atoms with Gasteiger partial charge >= 0.3 is 0 Å². The Hall–Kier alpha value is -0.930. The van der Waals surface area contributed by atoms with E-state index in [2.05, 4.69) is 10.2 Å². The highest BCUT2D eigenvalue weighted by molar-refractivity contribution is 5.17. The van der Waals surface area contributed by atoms with Crippen molar-refractivity contribution in [3.05, 3.63) is 35.6 Å². The lowest BCUT2D eigenvalue weighted by atomic mass is 9.86. The number of benzene rings is 1. The molecule has 0 saturated carbocycles. The summed E-state index contributed by atoms with van der Waals surface area (Å²) in [5.74, 6) is -0.0713. The van der Waals surface area contributed by atoms with Gasteiger partial charge in [0.05, 0.1) is 0 Å². The normalized spacial score (nSPS) is 29.2. The van der Waals surface area contributed by atoms with Gasteiger partial charge in [0.1, 0.15) is 5.82 Å². The number of halogens is 1. The lowest BCUT2D eigenvalue weighted by molar-refractivity contribution is 0.266. The molecule has 1 spiro atoms. The highest BCUT2D eigenvalue weighted by Gasteiger charge is 2.40. The SMILES string of the molecule is Fc1ccccc1CN1CCC2(CCNC2)C1. The van der Waals surface area contributed by atoms with E-state index in [9.17, 15) is 4.39 Å². The molecule has 0 bridgehead atoms. The van der Waals surface area contributed by atoms with Crippen LogP contribution in [0.25, 0.3) is 0 Å². The van der Waals surface area contributed by atoms with E-state index in [0.29, 0.717) is 5.41 Å². The molecule has 92 valence electrons. The fraction of sp³-hybridized carbons (Fsp3) is 0.571. The van der Waals surface area contributed by atoms with Crippen LogP contribution in [-0.4, -0.2) is 31.1 Å². The molecule has 1 N–H and O–H groups in total. The van der Waals surface area contributed by atoms with E-state index in [-0.39, 0.29) is 5.82 Å². The molecule has 2 fully saturated rings. The molecule has 2 aliphatic rings. The standard InChI is InChI=1S/C14H19FN2/c15-13-4-2-1-3-12(13)9-17-8-6-14(11-17)5-7-16-10-14/h1-4,16H,5-11H2. The monoisotopic (exact) mass is 234 g/mol. The van der Waals surface area contributed by atoms with Gasteiger partial charge in [-0.15, -0.1) is 0 Å². The predicted octanol–water partition coefficient (Wildman–Crippen LogP) is 2.01. The van der Waals surface area contributed by atoms with Crippen molar-refractivity contribution in [2.75, 3.05) is 26.2 Å². The third kappa shape index (κ3) is 2.22. The van der Waals surface area contributed by atoms with Gasteiger partial charge in [-0.05, 0) is 37.4 Å². The van der Waals surface area contributed by atoms with E-state index >= 15 is 0 Å². The average Bonchev–Trinajstić information content (AvgIpc) is 2.94. The Bertz CT molecular complexity index is 399. The molecule has 1 atom stereocenters. The van der Waals surface area contributed by atoms with Crippen molar-refractivity contribution in [1.29, 1.82) is 0 Å². The summed E-state index contributed by atoms with van der Waals surface area (Å²) in [5, 5.41) is 3.45. The van der Waals surface area contributed by atoms with Crippen molar-refractivity contribution in [3.8, 4) is 0 Å². The zero-order valence-corrected chi connectivity index (χ0v) is 10.1. The molecule has 2 aliphatic heterocycles. The molecule has 1 aromatic carbocycles. The van der Waals surface area contributed by atoms with Crippen LogP contribution in [0.3, 0.4) is 0 Å². The van der Waals surface area contributed by atoms with Crippen LogP contribution >= 0.6 is 0 Å². The van der Waals surface area contributed by atoms with Crippen molar-refractivity contribution >= 4 is 0 Å². The molecule has 0 aliphatic carbocycles. The highest BCUT2D eigenvalue weighted by atomic mass is 19.1. The second kappa shape index (κ2) is 4.39. The summed E-state index contributed by atoms with van der Waals surface area (Å²) in [6, 6.07) is 7.12. The van der Waals surface area contributed by atoms with Gasteiger partial charge < -0.3 is 5.32 Å². The summed E-state index contributed by atoms with van der Waals surface area (Å²) < 4.78 is 13.6. The van der Waals surface area contributed by atoms with E-state index in [4.69, 9.17) is 0 Å². The van der Waals surface area contributed by atoms with E-state index in [1.807, 2.05) is 12.1 Å². The van der Waals surface area contributed by atoms with Gasteiger partial charge in [-0.1, -0.05) is 18.2 Å². The van der Waals surface area contributed by atoms with Crippen LogP contribution in [0, 0.1) is 11.2 Å². The van der Waals surface area contributed by atoms with Crippen molar-refractivity contribution in [2.24, 2.45) is 5.41 Å². The number of hydrogen-bond acceptors (Lipinski definition) is 2. The molecule has 0 radical (unpaired) electrons. The van der Waals surface area contributed by atoms with Gasteiger partial charge in [0.2, 0.25) is 0 Å². The molecule has 17 heavy (non-hydrogen) atoms. The van der Waals surface area contributed by atoms with Crippen LogP contribution in [0.1, 0.15) is 18.4 Å². The summed E-state index contributed by atoms with van der Waals surface area (Å²) >= 11 is 0. The Labute approximate surface area is 102 Å². The fourth-order valence-corrected chi connectivity index (χ4v) is 3.17. The van der Waals surface area contributed by atoms with Gasteiger partial charge in [0.15, 0.2) is 0 Å². The lowest BCUT2D eigenvalue weighted by Crippen LogP contribution is -2.29. The molecule has 0 aromatic heterocycles. The molecular weight excluding hydrogens is 215 g/mol. The highest BCUT2D eigenvalue weighted by Crippen LogP contribution is 2.36. The van der Waals surface area contributed by atoms with Gasteiger partial charge in [0.25, 0.3) is 0 Å². The maximum absolute atomic E-state index is 13.6. The zero-order chi connectivity index (χ0) is 11.7. The molecule has 2 heterocycles. The molecule has 0 amide bonds. The lowest BCUT2D eigenvalue weighted by Gasteiger charge is -2.22. The van der Waals surface area contributed by atoms with E-state index < -0.39 is 0 Å². The quantitative estimate of drug-likeness (QED) is 0.842. The summed E-state index contributed by atoms with van der Waals surface area (Å²) in [5.41, 5.74) is 1.31. The van der Waals surface area contributed by atoms with Crippen molar-refractivity contribution in [3.63, 3.8) is 0 Å². The molecule has 3 heteroatoms. The van der Waals surface area contributed by atoms with Gasteiger partial charge in [-0.25, -0.2) is 4.39 Å². The molecule has 2 saturated heterocycles. The van der Waals surface area contributed by atoms with Gasteiger partial charge in [-0.2, -0.15) is 0 Å². The maximum Gasteiger partial charge on any atom is 0.127 e. The van der Waals surface area contributed by atoms with E-state index in [1.54, 1.807) is 12.1 Å². The topological polar surface area (TPSA) is 15.3 Å². The number of hydrogen-bond donors (Lipinski definition) is 1. The van der Waals surface area contributed by atoms with Crippen molar-refractivity contribution < 1.29 is 4.39 Å². The zero-order valence-electron chi connectivity index (χ0n) is 10.1. The van der Waals surface area contributed by atoms with E-state index in [0.717, 1.165) is 38.3 Å². The van der Waals surface area contributed by atoms with Crippen LogP contribution < -0.4 is 5.32 Å². The molecule has 3 rings (SSSR count). The van der Waals surface area contributed by atoms with Crippen LogP contribution in [0.2, 0.25) is 0 Å². The van der Waals surface area contributed by atoms with Crippen LogP contribution in [0.5, 0.6) is 0 Å². The van der Waals surface area contributed by atoms with Crippen molar-refractivity contribution in [1.82, 2.24) is 10.2 Å². The second-order valence-corrected chi connectivity index (χ2v) is 5.48. The predicted molar refractivity (Wildman–Crippen MR) is 66.2 cm³/mol. The first-order valence-corrected chi connectivity index (χ1v) is 6.44. The minimum Gasteiger partial charge on any atom is -0.316 e. The first-order valence-electron chi connectivity index (χ1n) is 6.44. The molecular formula is C14H19FN2. The Kier molecular flexibility index (Phi) is 2.89. The number of nitrogens with zero attached hydrogens (tertiary/aromatic N) is 1. The second-order valence-electron chi connectivity index (χ2n) is 5.48. The number of rotatable bonds is 2. The van der Waals surface area contributed by atoms with Crippen LogP contribution in [0.15, 0.2) is 24.3 Å². The van der Waals surface area contributed by atoms with E-state index in [1.165, 1.54) is 12.8 Å². The first-order chi connectivity index (χ1) is 8.27. The third-order valence-corrected chi connectivity index (χ3v) is 4.20. The Morgan fingerprint density at radius 2 is 2.18 bits per heavy atom. The summed E-state index contributed by atoms with van der Waals surface area (Å²) in [7, 11) is 0. The fourth-order valence-electron chi connectivity index (χ4n) is 3.17. The number of likely N-dealkylation sites (tertiary alicyclic amines) is 1. The average molecular weight is 234 g/mol. The minimum atomic E-state index is -0.0713. The van der Waals surface area contributed by atoms with Gasteiger partial charge in [0, 0.05) is 25.2 Å². The minimum absolute atomic E-state index is 0.0713. The Morgan fingerprint density at radius 1 is 1.29 bits per heavy atom. The largest absolute Gasteiger partial charge is 0.316 e. The summed E-state index contributed by atoms with van der Waals surface area (Å²) in [4.78, 5) is 2.39. The van der Waals surface area contributed by atoms with Crippen LogP contribution in [-0.2, 0) is 6.54 Å². The van der Waals surface area contributed by atoms with Gasteiger partial charge in [-0.3, -0.25) is 4.90 Å². The first kappa shape index (κ1) is 11.2. The summed E-state index contributed by atoms with van der Waals surface area (Å²) in [6.45, 7) is 5.27. The Morgan fingerprint density at radius 3 is 2.94 bits per heavy atom. The van der Waals surface area contributed by atoms with Crippen LogP contribution in [0.4, 0.5) is 4.39 Å². The van der Waals surface area contributed by atoms with Crippen molar-refractivity contribution in [2.45, 2.75) is 19.4 Å². The molecule has 2 nitrogen and oxygen atoms in total. The number of nitrogens with one attached hydrogen (secondary N) is 1. The molecule has 1 aromatic rings.